The van der Waals surface area contributed by atoms with Crippen molar-refractivity contribution in [2.45, 2.75) is 26.2 Å². The van der Waals surface area contributed by atoms with Crippen molar-refractivity contribution >= 4 is 17.4 Å². The van der Waals surface area contributed by atoms with Gasteiger partial charge in [0.05, 0.1) is 0 Å². The van der Waals surface area contributed by atoms with E-state index in [0.717, 1.165) is 37.3 Å². The molecule has 0 radical (unpaired) electrons. The largest absolute Gasteiger partial charge is 0.396 e. The fraction of sp³-hybridized carbons (Fsp3) is 0.667. The molecule has 1 N–H and O–H groups in total. The van der Waals surface area contributed by atoms with E-state index in [2.05, 4.69) is 14.9 Å². The van der Waals surface area contributed by atoms with Gasteiger partial charge in [-0.25, -0.2) is 9.97 Å². The average molecular weight is 256 g/mol. The lowest BCUT2D eigenvalue weighted by Crippen LogP contribution is -2.36. The van der Waals surface area contributed by atoms with Gasteiger partial charge in [-0.1, -0.05) is 0 Å². The zero-order valence-electron chi connectivity index (χ0n) is 10.1. The lowest BCUT2D eigenvalue weighted by molar-refractivity contribution is 0.244. The van der Waals surface area contributed by atoms with Crippen LogP contribution in [0, 0.1) is 12.8 Å². The van der Waals surface area contributed by atoms with E-state index in [0.29, 0.717) is 11.2 Å². The van der Waals surface area contributed by atoms with Crippen molar-refractivity contribution in [1.82, 2.24) is 9.97 Å². The van der Waals surface area contributed by atoms with Crippen LogP contribution in [0.4, 0.5) is 5.82 Å². The smallest absolute Gasteiger partial charge is 0.224 e. The number of hydrogen-bond acceptors (Lipinski definition) is 4. The molecule has 2 rings (SSSR count). The molecule has 1 fully saturated rings. The van der Waals surface area contributed by atoms with Gasteiger partial charge in [0.25, 0.3) is 0 Å². The third kappa shape index (κ3) is 3.07. The summed E-state index contributed by atoms with van der Waals surface area (Å²) in [6.45, 7) is 4.23. The number of aromatic nitrogens is 2. The van der Waals surface area contributed by atoms with Crippen molar-refractivity contribution in [1.29, 1.82) is 0 Å². The van der Waals surface area contributed by atoms with Crippen LogP contribution in [0.1, 0.15) is 24.8 Å². The first-order valence-corrected chi connectivity index (χ1v) is 6.43. The van der Waals surface area contributed by atoms with Crippen LogP contribution in [-0.4, -0.2) is 34.8 Å². The molecule has 4 nitrogen and oxygen atoms in total. The molecule has 0 bridgehead atoms. The van der Waals surface area contributed by atoms with E-state index >= 15 is 0 Å². The van der Waals surface area contributed by atoms with Crippen LogP contribution in [-0.2, 0) is 0 Å². The molecular weight excluding hydrogens is 238 g/mol. The molecule has 1 unspecified atom stereocenters. The van der Waals surface area contributed by atoms with Crippen LogP contribution >= 0.6 is 11.6 Å². The first-order valence-electron chi connectivity index (χ1n) is 6.05. The Bertz CT molecular complexity index is 384. The highest BCUT2D eigenvalue weighted by atomic mass is 35.5. The molecule has 94 valence electrons. The molecule has 1 atom stereocenters. The number of halogens is 1. The number of hydrogen-bond donors (Lipinski definition) is 1. The topological polar surface area (TPSA) is 49.2 Å². The number of rotatable bonds is 3. The molecule has 1 aromatic rings. The molecule has 5 heteroatoms. The Kier molecular flexibility index (Phi) is 4.18. The Morgan fingerprint density at radius 1 is 1.59 bits per heavy atom. The first kappa shape index (κ1) is 12.6. The van der Waals surface area contributed by atoms with E-state index in [4.69, 9.17) is 16.7 Å². The molecule has 1 saturated heterocycles. The Morgan fingerprint density at radius 3 is 3.18 bits per heavy atom. The second-order valence-electron chi connectivity index (χ2n) is 4.61. The number of piperidine rings is 1. The minimum Gasteiger partial charge on any atom is -0.396 e. The molecule has 0 aromatic carbocycles. The normalized spacial score (nSPS) is 20.6. The molecule has 17 heavy (non-hydrogen) atoms. The van der Waals surface area contributed by atoms with Gasteiger partial charge in [0.1, 0.15) is 5.82 Å². The van der Waals surface area contributed by atoms with E-state index in [1.54, 1.807) is 6.20 Å². The molecule has 0 aliphatic carbocycles. The number of aliphatic hydroxyl groups excluding tert-OH is 1. The van der Waals surface area contributed by atoms with Crippen molar-refractivity contribution in [3.05, 3.63) is 17.0 Å². The van der Waals surface area contributed by atoms with Crippen molar-refractivity contribution in [3.8, 4) is 0 Å². The standard InChI is InChI=1S/C12H18ClN3O/c1-9-7-14-12(13)15-11(9)16-5-2-3-10(8-16)4-6-17/h7,10,17H,2-6,8H2,1H3. The van der Waals surface area contributed by atoms with Gasteiger partial charge in [0, 0.05) is 31.5 Å². The van der Waals surface area contributed by atoms with Gasteiger partial charge in [-0.2, -0.15) is 0 Å². The third-order valence-electron chi connectivity index (χ3n) is 3.27. The van der Waals surface area contributed by atoms with Crippen molar-refractivity contribution in [2.75, 3.05) is 24.6 Å². The second kappa shape index (κ2) is 5.65. The second-order valence-corrected chi connectivity index (χ2v) is 4.95. The summed E-state index contributed by atoms with van der Waals surface area (Å²) in [7, 11) is 0. The van der Waals surface area contributed by atoms with Crippen LogP contribution in [0.25, 0.3) is 0 Å². The first-order chi connectivity index (χ1) is 8.20. The molecule has 0 amide bonds. The fourth-order valence-electron chi connectivity index (χ4n) is 2.41. The predicted molar refractivity (Wildman–Crippen MR) is 68.4 cm³/mol. The summed E-state index contributed by atoms with van der Waals surface area (Å²) in [6.07, 6.45) is 4.97. The Labute approximate surface area is 107 Å². The van der Waals surface area contributed by atoms with Crippen LogP contribution in [0.2, 0.25) is 5.28 Å². The highest BCUT2D eigenvalue weighted by molar-refractivity contribution is 6.28. The maximum atomic E-state index is 9.01. The predicted octanol–water partition coefficient (Wildman–Crippen LogP) is 2.04. The van der Waals surface area contributed by atoms with E-state index < -0.39 is 0 Å². The van der Waals surface area contributed by atoms with Crippen molar-refractivity contribution < 1.29 is 5.11 Å². The highest BCUT2D eigenvalue weighted by Gasteiger charge is 2.21. The van der Waals surface area contributed by atoms with Gasteiger partial charge in [-0.15, -0.1) is 0 Å². The summed E-state index contributed by atoms with van der Waals surface area (Å²) in [4.78, 5) is 10.5. The van der Waals surface area contributed by atoms with Gasteiger partial charge in [-0.3, -0.25) is 0 Å². The maximum absolute atomic E-state index is 9.01. The maximum Gasteiger partial charge on any atom is 0.224 e. The van der Waals surface area contributed by atoms with Crippen LogP contribution in [0.3, 0.4) is 0 Å². The van der Waals surface area contributed by atoms with Crippen molar-refractivity contribution in [2.24, 2.45) is 5.92 Å². The Hall–Kier alpha value is -0.870. The molecule has 1 aromatic heterocycles. The number of anilines is 1. The molecule has 2 heterocycles. The van der Waals surface area contributed by atoms with E-state index in [9.17, 15) is 0 Å². The van der Waals surface area contributed by atoms with E-state index in [1.807, 2.05) is 6.92 Å². The Morgan fingerprint density at radius 2 is 2.41 bits per heavy atom. The lowest BCUT2D eigenvalue weighted by Gasteiger charge is -2.34. The van der Waals surface area contributed by atoms with E-state index in [1.165, 1.54) is 6.42 Å². The summed E-state index contributed by atoms with van der Waals surface area (Å²) in [6, 6.07) is 0. The van der Waals surface area contributed by atoms with Gasteiger partial charge < -0.3 is 10.0 Å². The van der Waals surface area contributed by atoms with Gasteiger partial charge in [-0.05, 0) is 43.7 Å². The SMILES string of the molecule is Cc1cnc(Cl)nc1N1CCCC(CCO)C1. The molecule has 0 saturated carbocycles. The van der Waals surface area contributed by atoms with Crippen LogP contribution < -0.4 is 4.90 Å². The molecule has 1 aliphatic rings. The number of nitrogens with zero attached hydrogens (tertiary/aromatic N) is 3. The third-order valence-corrected chi connectivity index (χ3v) is 3.45. The van der Waals surface area contributed by atoms with Gasteiger partial charge in [0.15, 0.2) is 0 Å². The summed E-state index contributed by atoms with van der Waals surface area (Å²) in [5.74, 6) is 1.49. The summed E-state index contributed by atoms with van der Waals surface area (Å²) < 4.78 is 0. The van der Waals surface area contributed by atoms with Gasteiger partial charge in [0.2, 0.25) is 5.28 Å². The monoisotopic (exact) mass is 255 g/mol. The zero-order valence-corrected chi connectivity index (χ0v) is 10.8. The van der Waals surface area contributed by atoms with E-state index in [-0.39, 0.29) is 6.61 Å². The highest BCUT2D eigenvalue weighted by Crippen LogP contribution is 2.26. The quantitative estimate of drug-likeness (QED) is 0.840. The van der Waals surface area contributed by atoms with Crippen LogP contribution in [0.15, 0.2) is 6.20 Å². The molecule has 1 aliphatic heterocycles. The summed E-state index contributed by atoms with van der Waals surface area (Å²) in [5, 5.41) is 9.31. The fourth-order valence-corrected chi connectivity index (χ4v) is 2.54. The molecular formula is C12H18ClN3O. The Balaban J connectivity index is 2.13. The minimum atomic E-state index is 0.266. The summed E-state index contributed by atoms with van der Waals surface area (Å²) in [5.41, 5.74) is 1.05. The zero-order chi connectivity index (χ0) is 12.3. The number of aryl methyl sites for hydroxylation is 1. The van der Waals surface area contributed by atoms with Crippen LogP contribution in [0.5, 0.6) is 0 Å². The van der Waals surface area contributed by atoms with Crippen molar-refractivity contribution in [3.63, 3.8) is 0 Å². The summed E-state index contributed by atoms with van der Waals surface area (Å²) >= 11 is 5.84. The lowest BCUT2D eigenvalue weighted by atomic mass is 9.95. The van der Waals surface area contributed by atoms with Gasteiger partial charge >= 0.3 is 0 Å². The minimum absolute atomic E-state index is 0.266. The average Bonchev–Trinajstić information content (AvgIpc) is 2.33. The number of aliphatic hydroxyl groups is 1. The molecule has 0 spiro atoms.